The van der Waals surface area contributed by atoms with Crippen LogP contribution in [0.1, 0.15) is 39.5 Å². The van der Waals surface area contributed by atoms with Crippen molar-refractivity contribution in [3.05, 3.63) is 0 Å². The van der Waals surface area contributed by atoms with Crippen LogP contribution in [0, 0.1) is 0 Å². The number of unbranched alkanes of at least 4 members (excludes halogenated alkanes) is 1. The van der Waals surface area contributed by atoms with Crippen LogP contribution in [0.5, 0.6) is 0 Å². The van der Waals surface area contributed by atoms with E-state index >= 15 is 0 Å². The largest absolute Gasteiger partial charge is 0.298 e. The highest BCUT2D eigenvalue weighted by Gasteiger charge is 2.10. The Balaban J connectivity index is 3.41. The molecule has 0 bridgehead atoms. The highest BCUT2D eigenvalue weighted by atomic mass is 79.9. The third-order valence-electron chi connectivity index (χ3n) is 1.51. The molecule has 0 aliphatic rings. The SMILES string of the molecule is CCCCC(Br)C(=O)CC. The van der Waals surface area contributed by atoms with E-state index in [1.54, 1.807) is 0 Å². The molecule has 1 unspecified atom stereocenters. The first-order valence-electron chi connectivity index (χ1n) is 3.89. The van der Waals surface area contributed by atoms with Gasteiger partial charge < -0.3 is 0 Å². The molecule has 10 heavy (non-hydrogen) atoms. The molecule has 1 nitrogen and oxygen atoms in total. The van der Waals surface area contributed by atoms with Crippen LogP contribution in [0.15, 0.2) is 0 Å². The minimum absolute atomic E-state index is 0.109. The first-order chi connectivity index (χ1) is 4.72. The minimum atomic E-state index is 0.109. The number of carbonyl (C=O) groups is 1. The van der Waals surface area contributed by atoms with Gasteiger partial charge in [-0.3, -0.25) is 4.79 Å². The summed E-state index contributed by atoms with van der Waals surface area (Å²) in [7, 11) is 0. The molecule has 60 valence electrons. The second-order valence-corrected chi connectivity index (χ2v) is 3.53. The van der Waals surface area contributed by atoms with Gasteiger partial charge in [-0.2, -0.15) is 0 Å². The summed E-state index contributed by atoms with van der Waals surface area (Å²) in [4.78, 5) is 11.1. The second kappa shape index (κ2) is 5.90. The molecule has 0 aromatic heterocycles. The Labute approximate surface area is 71.3 Å². The number of ketones is 1. The van der Waals surface area contributed by atoms with Crippen molar-refractivity contribution in [3.63, 3.8) is 0 Å². The van der Waals surface area contributed by atoms with E-state index in [2.05, 4.69) is 22.9 Å². The molecule has 0 heterocycles. The summed E-state index contributed by atoms with van der Waals surface area (Å²) in [5.74, 6) is 0.327. The minimum Gasteiger partial charge on any atom is -0.298 e. The van der Waals surface area contributed by atoms with Crippen LogP contribution in [0.4, 0.5) is 0 Å². The molecule has 1 atom stereocenters. The van der Waals surface area contributed by atoms with Crippen LogP contribution < -0.4 is 0 Å². The molecular formula is C8H15BrO. The van der Waals surface area contributed by atoms with Gasteiger partial charge in [0.15, 0.2) is 0 Å². The first-order valence-corrected chi connectivity index (χ1v) is 4.80. The maximum absolute atomic E-state index is 11.0. The van der Waals surface area contributed by atoms with Gasteiger partial charge in [0, 0.05) is 6.42 Å². The smallest absolute Gasteiger partial charge is 0.146 e. The molecule has 0 saturated heterocycles. The molecule has 0 fully saturated rings. The third kappa shape index (κ3) is 4.04. The average Bonchev–Trinajstić information content (AvgIpc) is 1.98. The van der Waals surface area contributed by atoms with Gasteiger partial charge >= 0.3 is 0 Å². The predicted molar refractivity (Wildman–Crippen MR) is 47.5 cm³/mol. The van der Waals surface area contributed by atoms with Crippen LogP contribution in [-0.4, -0.2) is 10.6 Å². The quantitative estimate of drug-likeness (QED) is 0.633. The number of hydrogen-bond acceptors (Lipinski definition) is 1. The van der Waals surface area contributed by atoms with E-state index in [-0.39, 0.29) is 4.83 Å². The average molecular weight is 207 g/mol. The van der Waals surface area contributed by atoms with Crippen molar-refractivity contribution < 1.29 is 4.79 Å². The molecule has 0 radical (unpaired) electrons. The van der Waals surface area contributed by atoms with Gasteiger partial charge in [0.05, 0.1) is 4.83 Å². The van der Waals surface area contributed by atoms with Crippen LogP contribution in [0.3, 0.4) is 0 Å². The van der Waals surface area contributed by atoms with Crippen LogP contribution >= 0.6 is 15.9 Å². The summed E-state index contributed by atoms with van der Waals surface area (Å²) in [6.07, 6.45) is 3.95. The lowest BCUT2D eigenvalue weighted by Gasteiger charge is -2.04. The van der Waals surface area contributed by atoms with Crippen LogP contribution in [0.2, 0.25) is 0 Å². The Morgan fingerprint density at radius 3 is 2.50 bits per heavy atom. The summed E-state index contributed by atoms with van der Waals surface area (Å²) in [5.41, 5.74) is 0. The van der Waals surface area contributed by atoms with E-state index in [0.717, 1.165) is 12.8 Å². The maximum Gasteiger partial charge on any atom is 0.146 e. The second-order valence-electron chi connectivity index (χ2n) is 2.43. The molecule has 0 N–H and O–H groups in total. The van der Waals surface area contributed by atoms with Crippen molar-refractivity contribution >= 4 is 21.7 Å². The number of alkyl halides is 1. The van der Waals surface area contributed by atoms with Gasteiger partial charge in [0.2, 0.25) is 0 Å². The van der Waals surface area contributed by atoms with E-state index in [0.29, 0.717) is 12.2 Å². The highest BCUT2D eigenvalue weighted by Crippen LogP contribution is 2.11. The lowest BCUT2D eigenvalue weighted by atomic mass is 10.1. The molecular weight excluding hydrogens is 192 g/mol. The molecule has 0 aromatic rings. The lowest BCUT2D eigenvalue weighted by molar-refractivity contribution is -0.118. The maximum atomic E-state index is 11.0. The van der Waals surface area contributed by atoms with E-state index in [1.165, 1.54) is 6.42 Å². The first kappa shape index (κ1) is 10.2. The summed E-state index contributed by atoms with van der Waals surface area (Å²) < 4.78 is 0. The Kier molecular flexibility index (Phi) is 5.99. The van der Waals surface area contributed by atoms with E-state index in [9.17, 15) is 4.79 Å². The highest BCUT2D eigenvalue weighted by molar-refractivity contribution is 9.10. The number of hydrogen-bond donors (Lipinski definition) is 0. The predicted octanol–water partition coefficient (Wildman–Crippen LogP) is 2.92. The zero-order valence-electron chi connectivity index (χ0n) is 6.69. The molecule has 0 aliphatic carbocycles. The zero-order chi connectivity index (χ0) is 7.98. The van der Waals surface area contributed by atoms with Crippen molar-refractivity contribution in [2.75, 3.05) is 0 Å². The van der Waals surface area contributed by atoms with Crippen molar-refractivity contribution in [2.45, 2.75) is 44.4 Å². The Hall–Kier alpha value is 0.150. The molecule has 0 spiro atoms. The van der Waals surface area contributed by atoms with E-state index in [1.807, 2.05) is 6.92 Å². The van der Waals surface area contributed by atoms with Crippen molar-refractivity contribution in [3.8, 4) is 0 Å². The van der Waals surface area contributed by atoms with Gasteiger partial charge in [-0.05, 0) is 6.42 Å². The van der Waals surface area contributed by atoms with E-state index < -0.39 is 0 Å². The topological polar surface area (TPSA) is 17.1 Å². The molecule has 0 aromatic carbocycles. The van der Waals surface area contributed by atoms with Gasteiger partial charge in [0.1, 0.15) is 5.78 Å². The standard InChI is InChI=1S/C8H15BrO/c1-3-5-6-7(9)8(10)4-2/h7H,3-6H2,1-2H3. The lowest BCUT2D eigenvalue weighted by Crippen LogP contribution is -2.11. The van der Waals surface area contributed by atoms with Gasteiger partial charge in [-0.1, -0.05) is 42.6 Å². The van der Waals surface area contributed by atoms with Gasteiger partial charge in [-0.25, -0.2) is 0 Å². The van der Waals surface area contributed by atoms with Gasteiger partial charge in [-0.15, -0.1) is 0 Å². The van der Waals surface area contributed by atoms with Crippen molar-refractivity contribution in [1.29, 1.82) is 0 Å². The fraction of sp³-hybridized carbons (Fsp3) is 0.875. The zero-order valence-corrected chi connectivity index (χ0v) is 8.28. The fourth-order valence-electron chi connectivity index (χ4n) is 0.766. The molecule has 0 amide bonds. The third-order valence-corrected chi connectivity index (χ3v) is 2.48. The summed E-state index contributed by atoms with van der Waals surface area (Å²) in [6.45, 7) is 4.04. The summed E-state index contributed by atoms with van der Waals surface area (Å²) >= 11 is 3.35. The normalized spacial score (nSPS) is 13.1. The number of carbonyl (C=O) groups excluding carboxylic acids is 1. The molecule has 0 saturated carbocycles. The number of rotatable bonds is 5. The Morgan fingerprint density at radius 2 is 2.10 bits per heavy atom. The van der Waals surface area contributed by atoms with Crippen LogP contribution in [-0.2, 0) is 4.79 Å². The number of Topliss-reactive ketones (excluding diaryl/α,β-unsaturated/α-hetero) is 1. The Bertz CT molecular complexity index is 101. The van der Waals surface area contributed by atoms with Crippen LogP contribution in [0.25, 0.3) is 0 Å². The monoisotopic (exact) mass is 206 g/mol. The molecule has 2 heteroatoms. The summed E-state index contributed by atoms with van der Waals surface area (Å²) in [5, 5.41) is 0. The number of halogens is 1. The van der Waals surface area contributed by atoms with Gasteiger partial charge in [0.25, 0.3) is 0 Å². The van der Waals surface area contributed by atoms with Crippen molar-refractivity contribution in [2.24, 2.45) is 0 Å². The molecule has 0 rings (SSSR count). The van der Waals surface area contributed by atoms with Crippen molar-refractivity contribution in [1.82, 2.24) is 0 Å². The van der Waals surface area contributed by atoms with E-state index in [4.69, 9.17) is 0 Å². The Morgan fingerprint density at radius 1 is 1.50 bits per heavy atom. The molecule has 0 aliphatic heterocycles. The fourth-order valence-corrected chi connectivity index (χ4v) is 1.41. The summed E-state index contributed by atoms with van der Waals surface area (Å²) in [6, 6.07) is 0.